The van der Waals surface area contributed by atoms with E-state index in [0.29, 0.717) is 22.8 Å². The Hall–Kier alpha value is -1.85. The maximum absolute atomic E-state index is 12.7. The van der Waals surface area contributed by atoms with Crippen LogP contribution in [0.3, 0.4) is 0 Å². The molecule has 1 aromatic carbocycles. The van der Waals surface area contributed by atoms with Crippen molar-refractivity contribution in [1.82, 2.24) is 14.7 Å². The van der Waals surface area contributed by atoms with Crippen LogP contribution in [0.1, 0.15) is 35.3 Å². The van der Waals surface area contributed by atoms with Gasteiger partial charge in [0.1, 0.15) is 0 Å². The van der Waals surface area contributed by atoms with Gasteiger partial charge in [0.05, 0.1) is 23.0 Å². The van der Waals surface area contributed by atoms with Crippen molar-refractivity contribution < 1.29 is 9.90 Å². The van der Waals surface area contributed by atoms with E-state index in [9.17, 15) is 9.90 Å². The fraction of sp³-hybridized carbons (Fsp3) is 0.444. The number of carbonyl (C=O) groups excluding carboxylic acids is 1. The van der Waals surface area contributed by atoms with Gasteiger partial charge in [-0.15, -0.1) is 0 Å². The van der Waals surface area contributed by atoms with Crippen molar-refractivity contribution in [1.29, 1.82) is 0 Å². The number of benzene rings is 1. The molecule has 0 spiro atoms. The van der Waals surface area contributed by atoms with Crippen molar-refractivity contribution in [3.05, 3.63) is 46.7 Å². The second kappa shape index (κ2) is 6.95. The van der Waals surface area contributed by atoms with Gasteiger partial charge >= 0.3 is 0 Å². The Labute approximate surface area is 146 Å². The Balaban J connectivity index is 1.76. The molecule has 0 saturated heterocycles. The molecule has 0 bridgehead atoms. The summed E-state index contributed by atoms with van der Waals surface area (Å²) in [4.78, 5) is 14.4. The summed E-state index contributed by atoms with van der Waals surface area (Å²) in [7, 11) is 1.78. The molecule has 3 rings (SSSR count). The number of aliphatic hydroxyl groups excluding tert-OH is 1. The number of carbonyl (C=O) groups is 1. The summed E-state index contributed by atoms with van der Waals surface area (Å²) in [5, 5.41) is 15.1. The lowest BCUT2D eigenvalue weighted by Gasteiger charge is -2.23. The Bertz CT molecular complexity index is 726. The maximum atomic E-state index is 12.7. The van der Waals surface area contributed by atoms with Crippen LogP contribution in [0.2, 0.25) is 5.02 Å². The molecule has 128 valence electrons. The number of nitrogens with zero attached hydrogens (tertiary/aromatic N) is 3. The van der Waals surface area contributed by atoms with Crippen LogP contribution >= 0.6 is 11.6 Å². The Morgan fingerprint density at radius 1 is 1.38 bits per heavy atom. The molecule has 6 heteroatoms. The van der Waals surface area contributed by atoms with Gasteiger partial charge in [0.2, 0.25) is 0 Å². The molecule has 1 fully saturated rings. The average molecular weight is 348 g/mol. The molecule has 1 amide bonds. The predicted molar refractivity (Wildman–Crippen MR) is 93.6 cm³/mol. The van der Waals surface area contributed by atoms with E-state index in [2.05, 4.69) is 5.10 Å². The lowest BCUT2D eigenvalue weighted by molar-refractivity contribution is 0.0693. The summed E-state index contributed by atoms with van der Waals surface area (Å²) in [6.07, 6.45) is 4.30. The van der Waals surface area contributed by atoms with Gasteiger partial charge in [-0.3, -0.25) is 4.79 Å². The standard InChI is InChI=1S/C18H22ClN3O2/c1-12-16(11-22(20-12)15-8-6-14(19)7-9-15)18(24)21(2)10-13-4-3-5-17(13)23/h6-9,11,13,17,23H,3-5,10H2,1-2H3. The fourth-order valence-electron chi connectivity index (χ4n) is 3.27. The molecule has 0 radical (unpaired) electrons. The van der Waals surface area contributed by atoms with Crippen LogP contribution in [0.4, 0.5) is 0 Å². The molecule has 1 aliphatic carbocycles. The molecule has 1 aromatic heterocycles. The van der Waals surface area contributed by atoms with Crippen LogP contribution < -0.4 is 0 Å². The van der Waals surface area contributed by atoms with Crippen LogP contribution in [-0.4, -0.2) is 45.4 Å². The summed E-state index contributed by atoms with van der Waals surface area (Å²) < 4.78 is 1.69. The zero-order valence-corrected chi connectivity index (χ0v) is 14.7. The van der Waals surface area contributed by atoms with E-state index in [1.807, 2.05) is 19.1 Å². The first-order chi connectivity index (χ1) is 11.5. The summed E-state index contributed by atoms with van der Waals surface area (Å²) in [6, 6.07) is 7.31. The third-order valence-corrected chi connectivity index (χ3v) is 4.95. The van der Waals surface area contributed by atoms with Crippen molar-refractivity contribution in [3.8, 4) is 5.69 Å². The first-order valence-corrected chi connectivity index (χ1v) is 8.59. The summed E-state index contributed by atoms with van der Waals surface area (Å²) in [5.41, 5.74) is 2.13. The Kier molecular flexibility index (Phi) is 4.92. The highest BCUT2D eigenvalue weighted by Crippen LogP contribution is 2.26. The van der Waals surface area contributed by atoms with Crippen LogP contribution in [0, 0.1) is 12.8 Å². The lowest BCUT2D eigenvalue weighted by Crippen LogP contribution is -2.34. The van der Waals surface area contributed by atoms with Gasteiger partial charge in [0.15, 0.2) is 0 Å². The van der Waals surface area contributed by atoms with E-state index in [1.165, 1.54) is 0 Å². The SMILES string of the molecule is Cc1nn(-c2ccc(Cl)cc2)cc1C(=O)N(C)CC1CCCC1O. The number of hydrogen-bond donors (Lipinski definition) is 1. The van der Waals surface area contributed by atoms with E-state index in [-0.39, 0.29) is 17.9 Å². The molecule has 24 heavy (non-hydrogen) atoms. The number of aliphatic hydroxyl groups is 1. The topological polar surface area (TPSA) is 58.4 Å². The van der Waals surface area contributed by atoms with E-state index >= 15 is 0 Å². The highest BCUT2D eigenvalue weighted by atomic mass is 35.5. The van der Waals surface area contributed by atoms with E-state index in [1.54, 1.807) is 35.0 Å². The second-order valence-corrected chi connectivity index (χ2v) is 6.93. The van der Waals surface area contributed by atoms with Gasteiger partial charge in [0, 0.05) is 30.7 Å². The molecular formula is C18H22ClN3O2. The molecule has 1 aliphatic rings. The van der Waals surface area contributed by atoms with Crippen LogP contribution in [0.5, 0.6) is 0 Å². The summed E-state index contributed by atoms with van der Waals surface area (Å²) in [6.45, 7) is 2.41. The largest absolute Gasteiger partial charge is 0.393 e. The zero-order chi connectivity index (χ0) is 17.3. The fourth-order valence-corrected chi connectivity index (χ4v) is 3.39. The smallest absolute Gasteiger partial charge is 0.257 e. The molecule has 2 unspecified atom stereocenters. The van der Waals surface area contributed by atoms with Crippen molar-refractivity contribution in [3.63, 3.8) is 0 Å². The van der Waals surface area contributed by atoms with Crippen LogP contribution in [0.15, 0.2) is 30.5 Å². The van der Waals surface area contributed by atoms with Gasteiger partial charge in [-0.2, -0.15) is 5.10 Å². The summed E-state index contributed by atoms with van der Waals surface area (Å²) >= 11 is 5.91. The number of halogens is 1. The third kappa shape index (κ3) is 3.47. The van der Waals surface area contributed by atoms with Crippen LogP contribution in [-0.2, 0) is 0 Å². The molecule has 1 N–H and O–H groups in total. The van der Waals surface area contributed by atoms with E-state index in [4.69, 9.17) is 11.6 Å². The van der Waals surface area contributed by atoms with Crippen molar-refractivity contribution in [2.24, 2.45) is 5.92 Å². The predicted octanol–water partition coefficient (Wildman–Crippen LogP) is 3.07. The number of rotatable bonds is 4. The first kappa shape index (κ1) is 17.0. The number of aromatic nitrogens is 2. The third-order valence-electron chi connectivity index (χ3n) is 4.69. The average Bonchev–Trinajstić information content (AvgIpc) is 3.13. The van der Waals surface area contributed by atoms with Gasteiger partial charge in [-0.05, 0) is 44.0 Å². The highest BCUT2D eigenvalue weighted by molar-refractivity contribution is 6.30. The maximum Gasteiger partial charge on any atom is 0.257 e. The van der Waals surface area contributed by atoms with Gasteiger partial charge in [0.25, 0.3) is 5.91 Å². The van der Waals surface area contributed by atoms with E-state index < -0.39 is 0 Å². The molecule has 1 saturated carbocycles. The van der Waals surface area contributed by atoms with Crippen LogP contribution in [0.25, 0.3) is 5.69 Å². The van der Waals surface area contributed by atoms with Gasteiger partial charge in [-0.25, -0.2) is 4.68 Å². The number of hydrogen-bond acceptors (Lipinski definition) is 3. The van der Waals surface area contributed by atoms with Crippen molar-refractivity contribution in [2.75, 3.05) is 13.6 Å². The minimum atomic E-state index is -0.293. The quantitative estimate of drug-likeness (QED) is 0.924. The summed E-state index contributed by atoms with van der Waals surface area (Å²) in [5.74, 6) is 0.109. The number of amides is 1. The van der Waals surface area contributed by atoms with Crippen molar-refractivity contribution >= 4 is 17.5 Å². The molecule has 1 heterocycles. The first-order valence-electron chi connectivity index (χ1n) is 8.21. The number of aryl methyl sites for hydroxylation is 1. The Morgan fingerprint density at radius 2 is 2.08 bits per heavy atom. The molecule has 5 nitrogen and oxygen atoms in total. The molecule has 0 aliphatic heterocycles. The van der Waals surface area contributed by atoms with E-state index in [0.717, 1.165) is 24.9 Å². The highest BCUT2D eigenvalue weighted by Gasteiger charge is 2.28. The van der Waals surface area contributed by atoms with Gasteiger partial charge < -0.3 is 10.0 Å². The van der Waals surface area contributed by atoms with Gasteiger partial charge in [-0.1, -0.05) is 18.0 Å². The molecule has 2 atom stereocenters. The molecular weight excluding hydrogens is 326 g/mol. The monoisotopic (exact) mass is 347 g/mol. The Morgan fingerprint density at radius 3 is 2.71 bits per heavy atom. The normalized spacial score (nSPS) is 20.3. The molecule has 2 aromatic rings. The lowest BCUT2D eigenvalue weighted by atomic mass is 10.1. The second-order valence-electron chi connectivity index (χ2n) is 6.49. The zero-order valence-electron chi connectivity index (χ0n) is 13.9. The minimum Gasteiger partial charge on any atom is -0.393 e. The minimum absolute atomic E-state index is 0.0631. The van der Waals surface area contributed by atoms with Crippen molar-refractivity contribution in [2.45, 2.75) is 32.3 Å².